The minimum Gasteiger partial charge on any atom is -0.354 e. The lowest BCUT2D eigenvalue weighted by atomic mass is 10.1. The molecule has 1 saturated heterocycles. The van der Waals surface area contributed by atoms with Gasteiger partial charge in [-0.1, -0.05) is 43.6 Å². The summed E-state index contributed by atoms with van der Waals surface area (Å²) < 4.78 is 15.7. The molecule has 1 aliphatic heterocycles. The van der Waals surface area contributed by atoms with Crippen LogP contribution in [0.15, 0.2) is 48.5 Å². The molecule has 0 bridgehead atoms. The third kappa shape index (κ3) is 5.88. The largest absolute Gasteiger partial charge is 0.354 e. The number of anilines is 1. The van der Waals surface area contributed by atoms with Crippen LogP contribution in [-0.4, -0.2) is 58.3 Å². The van der Waals surface area contributed by atoms with E-state index in [9.17, 15) is 4.39 Å². The topological polar surface area (TPSA) is 27.5 Å². The summed E-state index contributed by atoms with van der Waals surface area (Å²) in [5.74, 6) is 0.885. The predicted molar refractivity (Wildman–Crippen MR) is 143 cm³/mol. The molecule has 0 unspecified atom stereocenters. The maximum absolute atomic E-state index is 13.7. The first kappa shape index (κ1) is 25.7. The Morgan fingerprint density at radius 2 is 1.69 bits per heavy atom. The summed E-state index contributed by atoms with van der Waals surface area (Å²) in [6, 6.07) is 15.1. The number of hydrogen-bond acceptors (Lipinski definition) is 4. The van der Waals surface area contributed by atoms with Crippen LogP contribution in [-0.2, 0) is 13.1 Å². The molecule has 0 saturated carbocycles. The Hall–Kier alpha value is -2.41. The molecule has 2 aromatic carbocycles. The van der Waals surface area contributed by atoms with E-state index in [0.717, 1.165) is 80.0 Å². The molecular formula is C28H37ClFN5. The highest BCUT2D eigenvalue weighted by Gasteiger charge is 2.27. The van der Waals surface area contributed by atoms with Crippen LogP contribution in [0.5, 0.6) is 0 Å². The number of nitrogens with zero attached hydrogens (tertiary/aromatic N) is 5. The lowest BCUT2D eigenvalue weighted by molar-refractivity contribution is 0.185. The quantitative estimate of drug-likeness (QED) is 0.367. The van der Waals surface area contributed by atoms with Gasteiger partial charge in [0.25, 0.3) is 0 Å². The van der Waals surface area contributed by atoms with Gasteiger partial charge in [-0.05, 0) is 62.7 Å². The molecule has 0 aliphatic carbocycles. The Morgan fingerprint density at radius 1 is 1.00 bits per heavy atom. The maximum Gasteiger partial charge on any atom is 0.137 e. The van der Waals surface area contributed by atoms with Crippen molar-refractivity contribution in [1.29, 1.82) is 0 Å². The summed E-state index contributed by atoms with van der Waals surface area (Å²) in [7, 11) is 0. The van der Waals surface area contributed by atoms with E-state index in [1.165, 1.54) is 17.7 Å². The van der Waals surface area contributed by atoms with Gasteiger partial charge in [0.15, 0.2) is 0 Å². The molecule has 188 valence electrons. The summed E-state index contributed by atoms with van der Waals surface area (Å²) in [5, 5.41) is 5.78. The van der Waals surface area contributed by atoms with Gasteiger partial charge >= 0.3 is 0 Å². The molecule has 4 rings (SSSR count). The third-order valence-corrected chi connectivity index (χ3v) is 7.62. The Kier molecular flexibility index (Phi) is 8.47. The number of likely N-dealkylation sites (N-methyl/N-ethyl adjacent to an activating group) is 1. The second-order valence-corrected chi connectivity index (χ2v) is 9.86. The maximum atomic E-state index is 13.7. The average Bonchev–Trinajstić information content (AvgIpc) is 3.20. The standard InChI is InChI=1S/C28H37ClFN5/c1-5-21(3)34(19-23-9-7-8-10-27(23)29)20-26-22(4)31-35(25-13-11-24(30)12-14-25)28(26)33-17-15-32(6-2)16-18-33/h7-14,21H,5-6,15-20H2,1-4H3/t21-/m0/s1. The van der Waals surface area contributed by atoms with Crippen molar-refractivity contribution < 1.29 is 4.39 Å². The first-order valence-electron chi connectivity index (χ1n) is 12.7. The fraction of sp³-hybridized carbons (Fsp3) is 0.464. The number of hydrogen-bond donors (Lipinski definition) is 0. The van der Waals surface area contributed by atoms with Crippen LogP contribution < -0.4 is 4.90 Å². The van der Waals surface area contributed by atoms with Crippen LogP contribution in [0, 0.1) is 12.7 Å². The predicted octanol–water partition coefficient (Wildman–Crippen LogP) is 5.92. The summed E-state index contributed by atoms with van der Waals surface area (Å²) in [6.45, 7) is 15.4. The Bertz CT molecular complexity index is 1110. The Morgan fingerprint density at radius 3 is 2.31 bits per heavy atom. The van der Waals surface area contributed by atoms with Gasteiger partial charge in [0, 0.05) is 55.9 Å². The highest BCUT2D eigenvalue weighted by Crippen LogP contribution is 2.31. The van der Waals surface area contributed by atoms with E-state index in [0.29, 0.717) is 6.04 Å². The van der Waals surface area contributed by atoms with Gasteiger partial charge in [0.2, 0.25) is 0 Å². The van der Waals surface area contributed by atoms with Gasteiger partial charge in [-0.15, -0.1) is 0 Å². The fourth-order valence-corrected chi connectivity index (χ4v) is 4.97. The molecule has 1 aromatic heterocycles. The van der Waals surface area contributed by atoms with Crippen LogP contribution in [0.2, 0.25) is 5.02 Å². The highest BCUT2D eigenvalue weighted by molar-refractivity contribution is 6.31. The van der Waals surface area contributed by atoms with Crippen molar-refractivity contribution >= 4 is 17.4 Å². The van der Waals surface area contributed by atoms with Crippen molar-refractivity contribution in [3.05, 3.63) is 76.2 Å². The molecule has 35 heavy (non-hydrogen) atoms. The van der Waals surface area contributed by atoms with Gasteiger partial charge < -0.3 is 9.80 Å². The SMILES string of the molecule is CC[C@H](C)N(Cc1ccccc1Cl)Cc1c(C)nn(-c2ccc(F)cc2)c1N1CCN(CC)CC1. The highest BCUT2D eigenvalue weighted by atomic mass is 35.5. The number of rotatable bonds is 9. The molecule has 1 fully saturated rings. The summed E-state index contributed by atoms with van der Waals surface area (Å²) in [6.07, 6.45) is 1.04. The first-order chi connectivity index (χ1) is 16.9. The molecular weight excluding hydrogens is 461 g/mol. The molecule has 1 atom stereocenters. The van der Waals surface area contributed by atoms with Crippen LogP contribution in [0.4, 0.5) is 10.2 Å². The van der Waals surface area contributed by atoms with Gasteiger partial charge in [-0.25, -0.2) is 9.07 Å². The molecule has 7 heteroatoms. The molecule has 0 N–H and O–H groups in total. The Labute approximate surface area is 214 Å². The van der Waals surface area contributed by atoms with Crippen molar-refractivity contribution in [3.8, 4) is 5.69 Å². The van der Waals surface area contributed by atoms with Gasteiger partial charge in [0.1, 0.15) is 11.6 Å². The molecule has 1 aliphatic rings. The summed E-state index contributed by atoms with van der Waals surface area (Å²) in [4.78, 5) is 7.42. The van der Waals surface area contributed by atoms with Crippen LogP contribution in [0.1, 0.15) is 44.0 Å². The third-order valence-electron chi connectivity index (χ3n) is 7.25. The minimum atomic E-state index is -0.237. The van der Waals surface area contributed by atoms with E-state index in [1.54, 1.807) is 0 Å². The van der Waals surface area contributed by atoms with Crippen molar-refractivity contribution in [3.63, 3.8) is 0 Å². The monoisotopic (exact) mass is 497 g/mol. The Balaban J connectivity index is 1.73. The zero-order chi connectivity index (χ0) is 24.9. The zero-order valence-electron chi connectivity index (χ0n) is 21.3. The van der Waals surface area contributed by atoms with E-state index in [2.05, 4.69) is 48.5 Å². The van der Waals surface area contributed by atoms with E-state index >= 15 is 0 Å². The van der Waals surface area contributed by atoms with Crippen molar-refractivity contribution in [2.45, 2.75) is 53.2 Å². The number of halogens is 2. The fourth-order valence-electron chi connectivity index (χ4n) is 4.77. The van der Waals surface area contributed by atoms with E-state index in [1.807, 2.05) is 35.0 Å². The summed E-state index contributed by atoms with van der Waals surface area (Å²) in [5.41, 5.74) is 4.26. The second kappa shape index (κ2) is 11.5. The molecule has 0 spiro atoms. The number of piperazine rings is 1. The van der Waals surface area contributed by atoms with E-state index in [4.69, 9.17) is 16.7 Å². The smallest absolute Gasteiger partial charge is 0.137 e. The lowest BCUT2D eigenvalue weighted by Gasteiger charge is -2.37. The van der Waals surface area contributed by atoms with Gasteiger partial charge in [-0.2, -0.15) is 5.10 Å². The zero-order valence-corrected chi connectivity index (χ0v) is 22.1. The minimum absolute atomic E-state index is 0.237. The molecule has 3 aromatic rings. The average molecular weight is 498 g/mol. The molecule has 2 heterocycles. The van der Waals surface area contributed by atoms with Crippen LogP contribution in [0.3, 0.4) is 0 Å². The lowest BCUT2D eigenvalue weighted by Crippen LogP contribution is -2.47. The van der Waals surface area contributed by atoms with Crippen molar-refractivity contribution in [1.82, 2.24) is 19.6 Å². The molecule has 0 radical (unpaired) electrons. The van der Waals surface area contributed by atoms with Gasteiger partial charge in [-0.3, -0.25) is 4.90 Å². The normalized spacial score (nSPS) is 15.7. The molecule has 5 nitrogen and oxygen atoms in total. The van der Waals surface area contributed by atoms with Crippen LogP contribution >= 0.6 is 11.6 Å². The van der Waals surface area contributed by atoms with E-state index < -0.39 is 0 Å². The van der Waals surface area contributed by atoms with Crippen LogP contribution in [0.25, 0.3) is 5.69 Å². The molecule has 0 amide bonds. The van der Waals surface area contributed by atoms with Gasteiger partial charge in [0.05, 0.1) is 11.4 Å². The van der Waals surface area contributed by atoms with Crippen molar-refractivity contribution in [2.75, 3.05) is 37.6 Å². The number of aryl methyl sites for hydroxylation is 1. The van der Waals surface area contributed by atoms with E-state index in [-0.39, 0.29) is 5.82 Å². The second-order valence-electron chi connectivity index (χ2n) is 9.45. The summed E-state index contributed by atoms with van der Waals surface area (Å²) >= 11 is 6.54. The van der Waals surface area contributed by atoms with Crippen molar-refractivity contribution in [2.24, 2.45) is 0 Å². The number of benzene rings is 2. The number of aromatic nitrogens is 2. The first-order valence-corrected chi connectivity index (χ1v) is 13.1.